The van der Waals surface area contributed by atoms with E-state index < -0.39 is 10.0 Å². The average Bonchev–Trinajstić information content (AvgIpc) is 3.35. The number of sulfonamides is 1. The lowest BCUT2D eigenvalue weighted by molar-refractivity contribution is -0.114. The molecule has 0 spiro atoms. The molecule has 0 unspecified atom stereocenters. The van der Waals surface area contributed by atoms with E-state index in [1.165, 1.54) is 13.1 Å². The van der Waals surface area contributed by atoms with Gasteiger partial charge in [0.15, 0.2) is 15.2 Å². The third kappa shape index (κ3) is 5.46. The summed E-state index contributed by atoms with van der Waals surface area (Å²) in [6, 6.07) is 8.08. The lowest BCUT2D eigenvalue weighted by atomic mass is 10.2. The highest BCUT2D eigenvalue weighted by molar-refractivity contribution is 7.94. The fourth-order valence-corrected chi connectivity index (χ4v) is 5.27. The second-order valence-corrected chi connectivity index (χ2v) is 10.7. The van der Waals surface area contributed by atoms with Gasteiger partial charge in [0.25, 0.3) is 10.0 Å². The maximum Gasteiger partial charge on any atom is 0.273 e. The van der Waals surface area contributed by atoms with Gasteiger partial charge >= 0.3 is 0 Å². The molecule has 0 aliphatic heterocycles. The van der Waals surface area contributed by atoms with E-state index in [1.807, 2.05) is 20.8 Å². The summed E-state index contributed by atoms with van der Waals surface area (Å²) in [5.74, 6) is 1.58. The van der Waals surface area contributed by atoms with Crippen molar-refractivity contribution in [3.8, 4) is 17.4 Å². The first kappa shape index (κ1) is 24.3. The van der Waals surface area contributed by atoms with Gasteiger partial charge in [-0.05, 0) is 57.5 Å². The summed E-state index contributed by atoms with van der Waals surface area (Å²) < 4.78 is 35.4. The molecule has 1 amide bonds. The summed E-state index contributed by atoms with van der Waals surface area (Å²) in [6.07, 6.45) is 1.19. The second kappa shape index (κ2) is 9.43. The number of thiazole rings is 1. The van der Waals surface area contributed by atoms with Crippen LogP contribution in [0.15, 0.2) is 40.7 Å². The Morgan fingerprint density at radius 2 is 1.80 bits per heavy atom. The van der Waals surface area contributed by atoms with Crippen molar-refractivity contribution in [3.63, 3.8) is 0 Å². The van der Waals surface area contributed by atoms with E-state index in [9.17, 15) is 13.2 Å². The molecular formula is C22H23N7O4S2. The Kier molecular flexibility index (Phi) is 6.54. The van der Waals surface area contributed by atoms with Gasteiger partial charge in [0.1, 0.15) is 11.6 Å². The van der Waals surface area contributed by atoms with Crippen LogP contribution in [0.5, 0.6) is 11.6 Å². The number of nitrogens with one attached hydrogen (secondary N) is 2. The molecule has 1 aromatic carbocycles. The minimum atomic E-state index is -3.86. The van der Waals surface area contributed by atoms with Crippen LogP contribution in [0.4, 0.5) is 10.8 Å². The monoisotopic (exact) mass is 513 g/mol. The number of hydrogen-bond acceptors (Lipinski definition) is 9. The van der Waals surface area contributed by atoms with Gasteiger partial charge in [-0.25, -0.2) is 23.1 Å². The number of carbonyl (C=O) groups is 1. The van der Waals surface area contributed by atoms with E-state index >= 15 is 0 Å². The van der Waals surface area contributed by atoms with Crippen molar-refractivity contribution in [1.29, 1.82) is 0 Å². The number of aryl methyl sites for hydroxylation is 2. The maximum atomic E-state index is 12.6. The molecule has 3 aromatic heterocycles. The molecule has 2 N–H and O–H groups in total. The van der Waals surface area contributed by atoms with Crippen LogP contribution in [0.2, 0.25) is 0 Å². The Morgan fingerprint density at radius 3 is 2.43 bits per heavy atom. The van der Waals surface area contributed by atoms with Gasteiger partial charge in [-0.2, -0.15) is 10.1 Å². The van der Waals surface area contributed by atoms with Gasteiger partial charge in [-0.15, -0.1) is 0 Å². The number of nitrogens with zero attached hydrogens (tertiary/aromatic N) is 5. The van der Waals surface area contributed by atoms with Crippen LogP contribution in [0.3, 0.4) is 0 Å². The van der Waals surface area contributed by atoms with Crippen molar-refractivity contribution in [2.45, 2.75) is 38.8 Å². The number of amides is 1. The van der Waals surface area contributed by atoms with Crippen LogP contribution in [0, 0.1) is 27.7 Å². The van der Waals surface area contributed by atoms with Gasteiger partial charge in [-0.1, -0.05) is 11.3 Å². The predicted octanol–water partition coefficient (Wildman–Crippen LogP) is 3.90. The summed E-state index contributed by atoms with van der Waals surface area (Å²) >= 11 is 0.857. The van der Waals surface area contributed by atoms with E-state index in [4.69, 9.17) is 4.74 Å². The number of carbonyl (C=O) groups excluding carboxylic acids is 1. The zero-order valence-electron chi connectivity index (χ0n) is 19.6. The van der Waals surface area contributed by atoms with Crippen LogP contribution in [0.25, 0.3) is 5.82 Å². The SMILES string of the molecule is CC(=O)Nc1ncc(S(=O)(=O)Nc2ccc(Oc3cc(-n4nc(C)c(C)c4C)nc(C)n3)cc2)s1. The smallest absolute Gasteiger partial charge is 0.273 e. The lowest BCUT2D eigenvalue weighted by Crippen LogP contribution is -2.11. The Hall–Kier alpha value is -3.84. The number of ether oxygens (including phenoxy) is 1. The van der Waals surface area contributed by atoms with Crippen LogP contribution in [-0.4, -0.2) is 39.1 Å². The van der Waals surface area contributed by atoms with Gasteiger partial charge < -0.3 is 10.1 Å². The predicted molar refractivity (Wildman–Crippen MR) is 132 cm³/mol. The minimum Gasteiger partial charge on any atom is -0.439 e. The zero-order valence-corrected chi connectivity index (χ0v) is 21.3. The van der Waals surface area contributed by atoms with Crippen LogP contribution in [-0.2, 0) is 14.8 Å². The number of anilines is 2. The number of hydrogen-bond donors (Lipinski definition) is 2. The van der Waals surface area contributed by atoms with Gasteiger partial charge in [0.05, 0.1) is 11.9 Å². The van der Waals surface area contributed by atoms with Crippen molar-refractivity contribution in [2.75, 3.05) is 10.0 Å². The normalized spacial score (nSPS) is 11.3. The third-order valence-electron chi connectivity index (χ3n) is 5.03. The summed E-state index contributed by atoms with van der Waals surface area (Å²) in [5.41, 5.74) is 3.33. The quantitative estimate of drug-likeness (QED) is 0.379. The molecule has 4 rings (SSSR count). The van der Waals surface area contributed by atoms with Gasteiger partial charge in [-0.3, -0.25) is 9.52 Å². The van der Waals surface area contributed by atoms with E-state index in [-0.39, 0.29) is 15.2 Å². The Bertz CT molecular complexity index is 1510. The first-order valence-electron chi connectivity index (χ1n) is 10.4. The molecule has 0 aliphatic rings. The molecule has 4 aromatic rings. The fraction of sp³-hybridized carbons (Fsp3) is 0.227. The minimum absolute atomic E-state index is 0.0232. The van der Waals surface area contributed by atoms with Crippen molar-refractivity contribution in [2.24, 2.45) is 0 Å². The fourth-order valence-electron chi connectivity index (χ4n) is 3.14. The molecule has 0 aliphatic carbocycles. The van der Waals surface area contributed by atoms with E-state index in [2.05, 4.69) is 30.1 Å². The highest BCUT2D eigenvalue weighted by atomic mass is 32.2. The van der Waals surface area contributed by atoms with Gasteiger partial charge in [0, 0.05) is 24.4 Å². The lowest BCUT2D eigenvalue weighted by Gasteiger charge is -2.10. The molecule has 0 saturated carbocycles. The summed E-state index contributed by atoms with van der Waals surface area (Å²) in [5, 5.41) is 7.20. The number of rotatable bonds is 7. The molecule has 0 fully saturated rings. The van der Waals surface area contributed by atoms with Crippen LogP contribution < -0.4 is 14.8 Å². The molecule has 35 heavy (non-hydrogen) atoms. The molecule has 3 heterocycles. The Labute approximate surface area is 206 Å². The van der Waals surface area contributed by atoms with E-state index in [1.54, 1.807) is 41.9 Å². The molecule has 0 saturated heterocycles. The summed E-state index contributed by atoms with van der Waals surface area (Å²) in [6.45, 7) is 9.01. The number of benzene rings is 1. The Balaban J connectivity index is 1.50. The highest BCUT2D eigenvalue weighted by Crippen LogP contribution is 2.27. The topological polar surface area (TPSA) is 141 Å². The van der Waals surface area contributed by atoms with Crippen molar-refractivity contribution in [3.05, 3.63) is 59.3 Å². The molecule has 11 nitrogen and oxygen atoms in total. The van der Waals surface area contributed by atoms with Crippen molar-refractivity contribution >= 4 is 38.1 Å². The molecule has 0 atom stereocenters. The molecule has 13 heteroatoms. The number of aromatic nitrogens is 5. The molecule has 182 valence electrons. The van der Waals surface area contributed by atoms with Crippen LogP contribution in [0.1, 0.15) is 29.7 Å². The molecule has 0 radical (unpaired) electrons. The first-order chi connectivity index (χ1) is 16.5. The van der Waals surface area contributed by atoms with Gasteiger partial charge in [0.2, 0.25) is 11.8 Å². The van der Waals surface area contributed by atoms with Crippen molar-refractivity contribution < 1.29 is 17.9 Å². The molecular weight excluding hydrogens is 490 g/mol. The third-order valence-corrected chi connectivity index (χ3v) is 7.79. The Morgan fingerprint density at radius 1 is 1.09 bits per heavy atom. The molecule has 0 bridgehead atoms. The van der Waals surface area contributed by atoms with E-state index in [0.717, 1.165) is 28.3 Å². The van der Waals surface area contributed by atoms with E-state index in [0.29, 0.717) is 29.0 Å². The maximum absolute atomic E-state index is 12.6. The zero-order chi connectivity index (χ0) is 25.3. The summed E-state index contributed by atoms with van der Waals surface area (Å²) in [7, 11) is -3.86. The second-order valence-electron chi connectivity index (χ2n) is 7.72. The highest BCUT2D eigenvalue weighted by Gasteiger charge is 2.19. The van der Waals surface area contributed by atoms with Crippen molar-refractivity contribution in [1.82, 2.24) is 24.7 Å². The summed E-state index contributed by atoms with van der Waals surface area (Å²) in [4.78, 5) is 23.8. The first-order valence-corrected chi connectivity index (χ1v) is 12.7. The standard InChI is InChI=1S/C22H23N7O4S2/c1-12-13(2)27-29(14(12)3)19-10-20(25-15(4)24-19)33-18-8-6-17(7-9-18)28-35(31,32)21-11-23-22(34-21)26-16(5)30/h6-11,28H,1-5H3,(H,23,26,30). The van der Waals surface area contributed by atoms with Crippen LogP contribution >= 0.6 is 11.3 Å². The largest absolute Gasteiger partial charge is 0.439 e. The average molecular weight is 514 g/mol.